The van der Waals surface area contributed by atoms with Crippen molar-refractivity contribution in [2.45, 2.75) is 42.8 Å². The Morgan fingerprint density at radius 3 is 1.82 bits per heavy atom. The SMILES string of the molecule is CCS(=O)(=O)C[C@@H](COc1c(Cl)cc(S(=O)(=O)c2ccc(OC[C@@H](CCl)OC(C)=O)cc2)cc1Cl)OC(C)=O. The normalized spacial score (nSPS) is 13.3. The summed E-state index contributed by atoms with van der Waals surface area (Å²) in [5, 5.41) is -0.308. The molecule has 0 fully saturated rings. The first kappa shape index (κ1) is 33.0. The molecule has 2 atom stereocenters. The van der Waals surface area contributed by atoms with E-state index in [1.54, 1.807) is 0 Å². The van der Waals surface area contributed by atoms with Gasteiger partial charge in [0.2, 0.25) is 9.84 Å². The molecule has 2 rings (SSSR count). The number of hydrogen-bond donors (Lipinski definition) is 0. The summed E-state index contributed by atoms with van der Waals surface area (Å²) in [5.74, 6) is -1.59. The quantitative estimate of drug-likeness (QED) is 0.218. The molecule has 2 aromatic carbocycles. The van der Waals surface area contributed by atoms with E-state index in [2.05, 4.69) is 0 Å². The topological polar surface area (TPSA) is 139 Å². The van der Waals surface area contributed by atoms with Crippen molar-refractivity contribution >= 4 is 66.4 Å². The molecule has 10 nitrogen and oxygen atoms in total. The third-order valence-corrected chi connectivity index (χ3v) is 9.40. The molecule has 0 aliphatic carbocycles. The van der Waals surface area contributed by atoms with Gasteiger partial charge < -0.3 is 18.9 Å². The van der Waals surface area contributed by atoms with Crippen LogP contribution in [0.15, 0.2) is 46.2 Å². The fourth-order valence-corrected chi connectivity index (χ4v) is 6.30. The average molecular weight is 646 g/mol. The van der Waals surface area contributed by atoms with Crippen LogP contribution in [-0.4, -0.2) is 71.6 Å². The van der Waals surface area contributed by atoms with E-state index in [-0.39, 0.29) is 50.4 Å². The van der Waals surface area contributed by atoms with Crippen molar-refractivity contribution in [3.05, 3.63) is 46.4 Å². The summed E-state index contributed by atoms with van der Waals surface area (Å²) in [6.45, 7) is 3.43. The van der Waals surface area contributed by atoms with Gasteiger partial charge >= 0.3 is 11.9 Å². The van der Waals surface area contributed by atoms with Gasteiger partial charge in [0, 0.05) is 19.6 Å². The number of carbonyl (C=O) groups excluding carboxylic acids is 2. The van der Waals surface area contributed by atoms with Gasteiger partial charge in [0.1, 0.15) is 31.2 Å². The molecule has 15 heteroatoms. The highest BCUT2D eigenvalue weighted by Gasteiger charge is 2.25. The Balaban J connectivity index is 2.19. The maximum Gasteiger partial charge on any atom is 0.303 e. The molecule has 0 amide bonds. The maximum atomic E-state index is 13.2. The van der Waals surface area contributed by atoms with E-state index in [0.717, 1.165) is 19.1 Å². The van der Waals surface area contributed by atoms with Crippen LogP contribution < -0.4 is 9.47 Å². The van der Waals surface area contributed by atoms with E-state index >= 15 is 0 Å². The molecule has 0 aromatic heterocycles. The first-order chi connectivity index (χ1) is 18.2. The number of halogens is 3. The predicted molar refractivity (Wildman–Crippen MR) is 146 cm³/mol. The Morgan fingerprint density at radius 1 is 0.821 bits per heavy atom. The van der Waals surface area contributed by atoms with Gasteiger partial charge in [-0.05, 0) is 36.4 Å². The lowest BCUT2D eigenvalue weighted by atomic mass is 10.3. The zero-order chi connectivity index (χ0) is 29.4. The molecule has 0 aliphatic rings. The predicted octanol–water partition coefficient (Wildman–Crippen LogP) is 4.12. The molecule has 39 heavy (non-hydrogen) atoms. The summed E-state index contributed by atoms with van der Waals surface area (Å²) in [5.41, 5.74) is 0. The second-order valence-corrected chi connectivity index (χ2v) is 13.6. The van der Waals surface area contributed by atoms with Crippen molar-refractivity contribution in [1.82, 2.24) is 0 Å². The van der Waals surface area contributed by atoms with Crippen molar-refractivity contribution in [3.8, 4) is 11.5 Å². The molecular weight excluding hydrogens is 619 g/mol. The lowest BCUT2D eigenvalue weighted by molar-refractivity contribution is -0.147. The zero-order valence-electron chi connectivity index (χ0n) is 21.2. The fourth-order valence-electron chi connectivity index (χ4n) is 3.14. The minimum absolute atomic E-state index is 0.0233. The first-order valence-corrected chi connectivity index (χ1v) is 16.0. The Bertz CT molecular complexity index is 1350. The van der Waals surface area contributed by atoms with E-state index < -0.39 is 49.6 Å². The molecule has 0 radical (unpaired) electrons. The highest BCUT2D eigenvalue weighted by atomic mass is 35.5. The number of carbonyl (C=O) groups is 2. The fraction of sp³-hybridized carbons (Fsp3) is 0.417. The van der Waals surface area contributed by atoms with Gasteiger partial charge in [-0.1, -0.05) is 30.1 Å². The summed E-state index contributed by atoms with van der Waals surface area (Å²) >= 11 is 18.3. The average Bonchev–Trinajstić information content (AvgIpc) is 2.85. The Kier molecular flexibility index (Phi) is 12.2. The van der Waals surface area contributed by atoms with Gasteiger partial charge in [-0.3, -0.25) is 9.59 Å². The summed E-state index contributed by atoms with van der Waals surface area (Å²) in [6.07, 6.45) is -1.80. The smallest absolute Gasteiger partial charge is 0.303 e. The largest absolute Gasteiger partial charge is 0.490 e. The zero-order valence-corrected chi connectivity index (χ0v) is 25.1. The monoisotopic (exact) mass is 644 g/mol. The van der Waals surface area contributed by atoms with Crippen molar-refractivity contribution < 1.29 is 45.4 Å². The number of ether oxygens (including phenoxy) is 4. The van der Waals surface area contributed by atoms with E-state index in [9.17, 15) is 26.4 Å². The van der Waals surface area contributed by atoms with Gasteiger partial charge in [-0.2, -0.15) is 0 Å². The Hall–Kier alpha value is -2.25. The standard InChI is InChI=1S/C24H27Cl3O10S2/c1-4-38(30,31)14-19(37-16(3)29)13-35-24-22(26)9-21(10-23(24)27)39(32,33)20-7-5-17(6-8-20)34-12-18(11-25)36-15(2)28/h5-10,18-19H,4,11-14H2,1-3H3/t18-,19-/m1/s1. The number of sulfone groups is 2. The maximum absolute atomic E-state index is 13.2. The number of rotatable bonds is 14. The second kappa shape index (κ2) is 14.4. The van der Waals surface area contributed by atoms with Crippen LogP contribution in [0.3, 0.4) is 0 Å². The van der Waals surface area contributed by atoms with Crippen LogP contribution in [0.5, 0.6) is 11.5 Å². The van der Waals surface area contributed by atoms with Gasteiger partial charge in [0.25, 0.3) is 0 Å². The molecule has 0 aliphatic heterocycles. The lowest BCUT2D eigenvalue weighted by Gasteiger charge is -2.19. The molecule has 216 valence electrons. The molecule has 0 saturated carbocycles. The van der Waals surface area contributed by atoms with Gasteiger partial charge in [0.15, 0.2) is 15.6 Å². The highest BCUT2D eigenvalue weighted by molar-refractivity contribution is 7.91. The number of esters is 2. The Labute approximate surface area is 242 Å². The third kappa shape index (κ3) is 10.0. The molecule has 0 bridgehead atoms. The van der Waals surface area contributed by atoms with Crippen molar-refractivity contribution in [1.29, 1.82) is 0 Å². The minimum Gasteiger partial charge on any atom is -0.490 e. The lowest BCUT2D eigenvalue weighted by Crippen LogP contribution is -2.32. The number of alkyl halides is 1. The summed E-state index contributed by atoms with van der Waals surface area (Å²) in [6, 6.07) is 7.75. The van der Waals surface area contributed by atoms with E-state index in [4.69, 9.17) is 53.8 Å². The summed E-state index contributed by atoms with van der Waals surface area (Å²) in [7, 11) is -7.56. The third-order valence-electron chi connectivity index (χ3n) is 4.98. The van der Waals surface area contributed by atoms with E-state index in [1.807, 2.05) is 0 Å². The molecule has 0 heterocycles. The van der Waals surface area contributed by atoms with Gasteiger partial charge in [-0.25, -0.2) is 16.8 Å². The Morgan fingerprint density at radius 2 is 1.33 bits per heavy atom. The molecular formula is C24H27Cl3O10S2. The highest BCUT2D eigenvalue weighted by Crippen LogP contribution is 2.37. The van der Waals surface area contributed by atoms with Crippen LogP contribution in [0, 0.1) is 0 Å². The van der Waals surface area contributed by atoms with E-state index in [0.29, 0.717) is 5.75 Å². The van der Waals surface area contributed by atoms with Crippen LogP contribution in [0.4, 0.5) is 0 Å². The molecule has 0 saturated heterocycles. The van der Waals surface area contributed by atoms with Crippen molar-refractivity contribution in [2.24, 2.45) is 0 Å². The van der Waals surface area contributed by atoms with Crippen LogP contribution in [0.25, 0.3) is 0 Å². The molecule has 0 N–H and O–H groups in total. The molecule has 0 spiro atoms. The van der Waals surface area contributed by atoms with Crippen LogP contribution in [0.1, 0.15) is 20.8 Å². The number of benzene rings is 2. The van der Waals surface area contributed by atoms with Gasteiger partial charge in [-0.15, -0.1) is 11.6 Å². The van der Waals surface area contributed by atoms with Crippen molar-refractivity contribution in [2.75, 3.05) is 30.6 Å². The van der Waals surface area contributed by atoms with Crippen LogP contribution in [0.2, 0.25) is 10.0 Å². The van der Waals surface area contributed by atoms with Gasteiger partial charge in [0.05, 0.1) is 31.5 Å². The first-order valence-electron chi connectivity index (χ1n) is 11.4. The summed E-state index contributed by atoms with van der Waals surface area (Å²) < 4.78 is 71.3. The van der Waals surface area contributed by atoms with Crippen LogP contribution >= 0.6 is 34.8 Å². The van der Waals surface area contributed by atoms with Crippen LogP contribution in [-0.2, 0) is 38.7 Å². The molecule has 0 unspecified atom stereocenters. The number of hydrogen-bond acceptors (Lipinski definition) is 10. The summed E-state index contributed by atoms with van der Waals surface area (Å²) in [4.78, 5) is 22.2. The van der Waals surface area contributed by atoms with E-state index in [1.165, 1.54) is 38.1 Å². The second-order valence-electron chi connectivity index (χ2n) is 8.13. The molecule has 2 aromatic rings. The minimum atomic E-state index is -4.06. The van der Waals surface area contributed by atoms with Crippen molar-refractivity contribution in [3.63, 3.8) is 0 Å².